The molecule has 0 atom stereocenters. The van der Waals surface area contributed by atoms with Crippen molar-refractivity contribution < 1.29 is 4.79 Å². The molecule has 96 valence electrons. The Morgan fingerprint density at radius 3 is 2.50 bits per heavy atom. The number of benzene rings is 1. The maximum absolute atomic E-state index is 11.2. The van der Waals surface area contributed by atoms with Gasteiger partial charge in [-0.25, -0.2) is 0 Å². The molecule has 0 amide bonds. The number of ketones is 1. The lowest BCUT2D eigenvalue weighted by Crippen LogP contribution is -2.41. The molecule has 1 saturated heterocycles. The van der Waals surface area contributed by atoms with Crippen molar-refractivity contribution in [2.24, 2.45) is 0 Å². The fraction of sp³-hybridized carbons (Fsp3) is 0.429. The Bertz CT molecular complexity index is 475. The van der Waals surface area contributed by atoms with Crippen LogP contribution in [0.15, 0.2) is 18.2 Å². The summed E-state index contributed by atoms with van der Waals surface area (Å²) >= 11 is 5.37. The largest absolute Gasteiger partial charge is 0.348 e. The highest BCUT2D eigenvalue weighted by Gasteiger charge is 2.18. The van der Waals surface area contributed by atoms with Gasteiger partial charge < -0.3 is 10.2 Å². The van der Waals surface area contributed by atoms with Gasteiger partial charge in [0, 0.05) is 31.6 Å². The first-order valence-electron chi connectivity index (χ1n) is 6.21. The second kappa shape index (κ2) is 5.48. The van der Waals surface area contributed by atoms with Crippen LogP contribution in [0.3, 0.4) is 0 Å². The maximum atomic E-state index is 11.2. The number of rotatable bonds is 1. The molecule has 1 N–H and O–H groups in total. The summed E-state index contributed by atoms with van der Waals surface area (Å²) in [4.78, 5) is 13.2. The summed E-state index contributed by atoms with van der Waals surface area (Å²) in [5.74, 6) is 0.334. The monoisotopic (exact) mass is 262 g/mol. The number of aryl methyl sites for hydroxylation is 2. The Morgan fingerprint density at radius 1 is 1.22 bits per heavy atom. The molecule has 0 unspecified atom stereocenters. The van der Waals surface area contributed by atoms with Gasteiger partial charge in [0.15, 0.2) is 5.11 Å². The molecule has 0 bridgehead atoms. The van der Waals surface area contributed by atoms with Crippen LogP contribution >= 0.6 is 12.2 Å². The molecule has 0 aliphatic carbocycles. The zero-order valence-electron chi connectivity index (χ0n) is 10.8. The summed E-state index contributed by atoms with van der Waals surface area (Å²) in [6, 6.07) is 6.21. The number of likely N-dealkylation sites (tertiary alicyclic amines) is 1. The Hall–Kier alpha value is -1.42. The number of nitrogens with one attached hydrogen (secondary N) is 1. The maximum Gasteiger partial charge on any atom is 0.173 e. The fourth-order valence-corrected chi connectivity index (χ4v) is 2.28. The SMILES string of the molecule is Cc1ccc(NC(=S)N2CCC(=O)CC2)cc1C. The van der Waals surface area contributed by atoms with E-state index in [0.717, 1.165) is 18.8 Å². The molecular weight excluding hydrogens is 244 g/mol. The Balaban J connectivity index is 1.98. The van der Waals surface area contributed by atoms with Crippen molar-refractivity contribution in [3.8, 4) is 0 Å². The van der Waals surface area contributed by atoms with Crippen LogP contribution in [-0.2, 0) is 4.79 Å². The van der Waals surface area contributed by atoms with Crippen LogP contribution in [0, 0.1) is 13.8 Å². The molecule has 2 rings (SSSR count). The first-order chi connectivity index (χ1) is 8.56. The van der Waals surface area contributed by atoms with Crippen LogP contribution in [-0.4, -0.2) is 28.9 Å². The minimum atomic E-state index is 0.334. The Labute approximate surface area is 113 Å². The zero-order valence-corrected chi connectivity index (χ0v) is 11.6. The van der Waals surface area contributed by atoms with Crippen LogP contribution in [0.4, 0.5) is 5.69 Å². The summed E-state index contributed by atoms with van der Waals surface area (Å²) in [7, 11) is 0. The molecule has 1 aromatic carbocycles. The minimum Gasteiger partial charge on any atom is -0.348 e. The van der Waals surface area contributed by atoms with Crippen molar-refractivity contribution in [1.29, 1.82) is 0 Å². The predicted octanol–water partition coefficient (Wildman–Crippen LogP) is 2.67. The van der Waals surface area contributed by atoms with Gasteiger partial charge in [-0.3, -0.25) is 4.79 Å². The van der Waals surface area contributed by atoms with Crippen molar-refractivity contribution in [1.82, 2.24) is 4.90 Å². The topological polar surface area (TPSA) is 32.3 Å². The van der Waals surface area contributed by atoms with Crippen molar-refractivity contribution in [2.75, 3.05) is 18.4 Å². The number of carbonyl (C=O) groups is 1. The fourth-order valence-electron chi connectivity index (χ4n) is 1.98. The van der Waals surface area contributed by atoms with E-state index < -0.39 is 0 Å². The third-order valence-electron chi connectivity index (χ3n) is 3.37. The average Bonchev–Trinajstić information content (AvgIpc) is 2.34. The first kappa shape index (κ1) is 13.0. The molecule has 0 spiro atoms. The smallest absolute Gasteiger partial charge is 0.173 e. The summed E-state index contributed by atoms with van der Waals surface area (Å²) in [6.07, 6.45) is 1.21. The van der Waals surface area contributed by atoms with Gasteiger partial charge in [0.25, 0.3) is 0 Å². The molecule has 18 heavy (non-hydrogen) atoms. The molecule has 1 aliphatic rings. The quantitative estimate of drug-likeness (QED) is 0.789. The Morgan fingerprint density at radius 2 is 1.89 bits per heavy atom. The van der Waals surface area contributed by atoms with Gasteiger partial charge in [0.05, 0.1) is 0 Å². The highest BCUT2D eigenvalue weighted by Crippen LogP contribution is 2.15. The second-order valence-electron chi connectivity index (χ2n) is 4.75. The van der Waals surface area contributed by atoms with Gasteiger partial charge in [0.2, 0.25) is 0 Å². The van der Waals surface area contributed by atoms with Gasteiger partial charge in [-0.15, -0.1) is 0 Å². The van der Waals surface area contributed by atoms with E-state index in [9.17, 15) is 4.79 Å². The van der Waals surface area contributed by atoms with Gasteiger partial charge in [0.1, 0.15) is 5.78 Å². The minimum absolute atomic E-state index is 0.334. The molecule has 0 radical (unpaired) electrons. The third kappa shape index (κ3) is 3.07. The number of piperidine rings is 1. The summed E-state index contributed by atoms with van der Waals surface area (Å²) in [5, 5.41) is 3.95. The van der Waals surface area contributed by atoms with E-state index in [1.54, 1.807) is 0 Å². The zero-order chi connectivity index (χ0) is 13.1. The molecule has 4 heteroatoms. The lowest BCUT2D eigenvalue weighted by Gasteiger charge is -2.28. The van der Waals surface area contributed by atoms with Gasteiger partial charge in [-0.2, -0.15) is 0 Å². The summed E-state index contributed by atoms with van der Waals surface area (Å²) in [5.41, 5.74) is 3.53. The number of hydrogen-bond acceptors (Lipinski definition) is 2. The third-order valence-corrected chi connectivity index (χ3v) is 3.73. The van der Waals surface area contributed by atoms with E-state index in [1.807, 2.05) is 6.07 Å². The number of nitrogens with zero attached hydrogens (tertiary/aromatic N) is 1. The van der Waals surface area contributed by atoms with Gasteiger partial charge in [-0.1, -0.05) is 6.07 Å². The standard InChI is InChI=1S/C14H18N2OS/c1-10-3-4-12(9-11(10)2)15-14(18)16-7-5-13(17)6-8-16/h3-4,9H,5-8H2,1-2H3,(H,15,18). The summed E-state index contributed by atoms with van der Waals surface area (Å²) < 4.78 is 0. The van der Waals surface area contributed by atoms with E-state index in [0.29, 0.717) is 23.7 Å². The predicted molar refractivity (Wildman–Crippen MR) is 78.0 cm³/mol. The van der Waals surface area contributed by atoms with Crippen molar-refractivity contribution >= 4 is 28.8 Å². The van der Waals surface area contributed by atoms with Gasteiger partial charge >= 0.3 is 0 Å². The second-order valence-corrected chi connectivity index (χ2v) is 5.14. The number of thiocarbonyl (C=S) groups is 1. The van der Waals surface area contributed by atoms with Gasteiger partial charge in [-0.05, 0) is 49.3 Å². The number of Topliss-reactive ketones (excluding diaryl/α,β-unsaturated/α-hetero) is 1. The van der Waals surface area contributed by atoms with Crippen LogP contribution in [0.25, 0.3) is 0 Å². The number of carbonyl (C=O) groups excluding carboxylic acids is 1. The van der Waals surface area contributed by atoms with Crippen molar-refractivity contribution in [3.63, 3.8) is 0 Å². The van der Waals surface area contributed by atoms with Crippen LogP contribution in [0.1, 0.15) is 24.0 Å². The normalized spacial score (nSPS) is 15.7. The van der Waals surface area contributed by atoms with E-state index in [4.69, 9.17) is 12.2 Å². The molecule has 0 saturated carbocycles. The van der Waals surface area contributed by atoms with E-state index in [1.165, 1.54) is 11.1 Å². The number of anilines is 1. The van der Waals surface area contributed by atoms with Crippen molar-refractivity contribution in [3.05, 3.63) is 29.3 Å². The number of hydrogen-bond donors (Lipinski definition) is 1. The average molecular weight is 262 g/mol. The molecule has 0 aromatic heterocycles. The molecular formula is C14H18N2OS. The Kier molecular flexibility index (Phi) is 3.97. The summed E-state index contributed by atoms with van der Waals surface area (Å²) in [6.45, 7) is 5.64. The molecule has 1 aromatic rings. The van der Waals surface area contributed by atoms with Crippen LogP contribution in [0.5, 0.6) is 0 Å². The van der Waals surface area contributed by atoms with Crippen LogP contribution in [0.2, 0.25) is 0 Å². The highest BCUT2D eigenvalue weighted by atomic mass is 32.1. The molecule has 1 heterocycles. The van der Waals surface area contributed by atoms with E-state index in [-0.39, 0.29) is 0 Å². The van der Waals surface area contributed by atoms with Crippen molar-refractivity contribution in [2.45, 2.75) is 26.7 Å². The molecule has 1 aliphatic heterocycles. The highest BCUT2D eigenvalue weighted by molar-refractivity contribution is 7.80. The molecule has 1 fully saturated rings. The van der Waals surface area contributed by atoms with Crippen LogP contribution < -0.4 is 5.32 Å². The molecule has 3 nitrogen and oxygen atoms in total. The first-order valence-corrected chi connectivity index (χ1v) is 6.62. The van der Waals surface area contributed by atoms with E-state index >= 15 is 0 Å². The van der Waals surface area contributed by atoms with E-state index in [2.05, 4.69) is 36.2 Å². The lowest BCUT2D eigenvalue weighted by molar-refractivity contribution is -0.120. The lowest BCUT2D eigenvalue weighted by atomic mass is 10.1.